The van der Waals surface area contributed by atoms with E-state index in [2.05, 4.69) is 124 Å². The summed E-state index contributed by atoms with van der Waals surface area (Å²) in [5.41, 5.74) is 10.1. The maximum Gasteiger partial charge on any atom is 0.167 e. The smallest absolute Gasteiger partial charge is 0.167 e. The third-order valence-corrected chi connectivity index (χ3v) is 14.2. The van der Waals surface area contributed by atoms with Crippen LogP contribution in [0.1, 0.15) is 5.56 Å². The molecule has 66 heavy (non-hydrogen) atoms. The van der Waals surface area contributed by atoms with Gasteiger partial charge in [-0.25, -0.2) is 15.0 Å². The van der Waals surface area contributed by atoms with Crippen molar-refractivity contribution < 1.29 is 4.42 Å². The van der Waals surface area contributed by atoms with Crippen molar-refractivity contribution >= 4 is 97.1 Å². The Labute approximate surface area is 380 Å². The number of aromatic nitrogens is 5. The topological polar surface area (TPSA) is 85.5 Å². The van der Waals surface area contributed by atoms with E-state index in [1.807, 2.05) is 96.3 Å². The molecule has 0 aliphatic heterocycles. The highest BCUT2D eigenvalue weighted by molar-refractivity contribution is 7.27. The Bertz CT molecular complexity index is 4290. The molecule has 7 nitrogen and oxygen atoms in total. The van der Waals surface area contributed by atoms with Crippen molar-refractivity contribution in [1.82, 2.24) is 24.1 Å². The van der Waals surface area contributed by atoms with Crippen LogP contribution in [0.2, 0.25) is 0 Å². The monoisotopic (exact) mass is 860 g/mol. The molecule has 0 N–H and O–H groups in total. The minimum Gasteiger partial charge on any atom is -0.455 e. The van der Waals surface area contributed by atoms with Crippen LogP contribution in [-0.4, -0.2) is 24.1 Å². The second-order valence-corrected chi connectivity index (χ2v) is 17.6. The van der Waals surface area contributed by atoms with Crippen molar-refractivity contribution in [2.45, 2.75) is 0 Å². The van der Waals surface area contributed by atoms with Crippen LogP contribution in [0.3, 0.4) is 0 Å². The fourth-order valence-electron chi connectivity index (χ4n) is 10.3. The summed E-state index contributed by atoms with van der Waals surface area (Å²) in [4.78, 5) is 15.3. The van der Waals surface area contributed by atoms with E-state index in [1.54, 1.807) is 0 Å². The number of furan rings is 1. The molecule has 0 radical (unpaired) electrons. The molecular weight excluding hydrogens is 829 g/mol. The van der Waals surface area contributed by atoms with Gasteiger partial charge in [0.25, 0.3) is 0 Å². The largest absolute Gasteiger partial charge is 0.455 e. The van der Waals surface area contributed by atoms with Crippen LogP contribution < -0.4 is 0 Å². The van der Waals surface area contributed by atoms with Gasteiger partial charge in [0.1, 0.15) is 17.2 Å². The average molecular weight is 861 g/mol. The first-order valence-corrected chi connectivity index (χ1v) is 22.7. The molecule has 306 valence electrons. The van der Waals surface area contributed by atoms with E-state index in [-0.39, 0.29) is 0 Å². The summed E-state index contributed by atoms with van der Waals surface area (Å²) in [6, 6.07) is 69.3. The van der Waals surface area contributed by atoms with Crippen LogP contribution in [0, 0.1) is 11.3 Å². The summed E-state index contributed by atoms with van der Waals surface area (Å²) in [5, 5.41) is 20.2. The van der Waals surface area contributed by atoms with Crippen LogP contribution in [0.5, 0.6) is 0 Å². The fraction of sp³-hybridized carbons (Fsp3) is 0. The van der Waals surface area contributed by atoms with Gasteiger partial charge in [-0.2, -0.15) is 5.26 Å². The van der Waals surface area contributed by atoms with Crippen LogP contribution >= 0.6 is 11.3 Å². The van der Waals surface area contributed by atoms with Gasteiger partial charge in [-0.3, -0.25) is 0 Å². The van der Waals surface area contributed by atoms with E-state index in [1.165, 1.54) is 20.2 Å². The van der Waals surface area contributed by atoms with E-state index in [9.17, 15) is 5.26 Å². The second-order valence-electron chi connectivity index (χ2n) is 16.6. The van der Waals surface area contributed by atoms with Crippen molar-refractivity contribution in [3.8, 4) is 51.6 Å². The molecule has 14 rings (SSSR count). The quantitative estimate of drug-likeness (QED) is 0.172. The summed E-state index contributed by atoms with van der Waals surface area (Å²) >= 11 is 1.83. The SMILES string of the molecule is N#Cc1cc(-c2nc(-c3ccccc3)nc(-c3ccccc3)n2)c2oc3ccccc3c2c1-n1c2ccccc2c2c3sc4ccccc4c3c3c(c4ccccc4n3-c3ccccc3)c21. The highest BCUT2D eigenvalue weighted by Crippen LogP contribution is 2.52. The Morgan fingerprint density at radius 2 is 0.985 bits per heavy atom. The number of hydrogen-bond donors (Lipinski definition) is 0. The van der Waals surface area contributed by atoms with E-state index in [4.69, 9.17) is 19.4 Å². The molecule has 0 bridgehead atoms. The molecule has 5 aromatic heterocycles. The predicted octanol–water partition coefficient (Wildman–Crippen LogP) is 15.2. The van der Waals surface area contributed by atoms with Crippen LogP contribution in [0.15, 0.2) is 199 Å². The summed E-state index contributed by atoms with van der Waals surface area (Å²) in [7, 11) is 0. The molecule has 9 aromatic carbocycles. The Balaban J connectivity index is 1.19. The van der Waals surface area contributed by atoms with Gasteiger partial charge >= 0.3 is 0 Å². The lowest BCUT2D eigenvalue weighted by molar-refractivity contribution is 0.669. The maximum absolute atomic E-state index is 11.6. The normalized spacial score (nSPS) is 11.9. The lowest BCUT2D eigenvalue weighted by Crippen LogP contribution is -2.03. The summed E-state index contributed by atoms with van der Waals surface area (Å²) in [5.74, 6) is 1.47. The molecule has 0 aliphatic carbocycles. The van der Waals surface area contributed by atoms with Crippen molar-refractivity contribution in [2.24, 2.45) is 0 Å². The molecule has 0 fully saturated rings. The predicted molar refractivity (Wildman–Crippen MR) is 270 cm³/mol. The Morgan fingerprint density at radius 1 is 0.470 bits per heavy atom. The fourth-order valence-corrected chi connectivity index (χ4v) is 11.5. The lowest BCUT2D eigenvalue weighted by Gasteiger charge is -2.15. The zero-order chi connectivity index (χ0) is 43.5. The highest BCUT2D eigenvalue weighted by atomic mass is 32.1. The van der Waals surface area contributed by atoms with Gasteiger partial charge in [-0.15, -0.1) is 11.3 Å². The molecular formula is C58H32N6OS. The number of benzene rings is 9. The van der Waals surface area contributed by atoms with E-state index in [0.29, 0.717) is 39.8 Å². The standard InChI is InChI=1S/C58H32N6OS/c59-33-36-32-42(58-61-56(34-18-4-1-5-19-34)60-57(62-58)35-20-6-2-7-21-35)54-48(40-26-12-16-30-45(40)65-54)51(36)64-44-29-15-11-25-39(44)49-53(64)47-38-24-10-14-28-43(38)63(37-22-8-3-9-23-37)52(47)50-41-27-13-17-31-46(41)66-55(49)50/h1-32H. The Hall–Kier alpha value is -8.90. The zero-order valence-electron chi connectivity index (χ0n) is 35.0. The highest BCUT2D eigenvalue weighted by Gasteiger charge is 2.30. The second kappa shape index (κ2) is 14.1. The molecule has 5 heterocycles. The maximum atomic E-state index is 11.6. The number of para-hydroxylation sites is 4. The van der Waals surface area contributed by atoms with Crippen molar-refractivity contribution in [3.05, 3.63) is 200 Å². The van der Waals surface area contributed by atoms with Gasteiger partial charge in [-0.1, -0.05) is 152 Å². The van der Waals surface area contributed by atoms with Gasteiger partial charge in [0.2, 0.25) is 0 Å². The minimum atomic E-state index is 0.414. The molecule has 0 atom stereocenters. The van der Waals surface area contributed by atoms with Gasteiger partial charge in [0.05, 0.1) is 44.3 Å². The molecule has 14 aromatic rings. The van der Waals surface area contributed by atoms with E-state index >= 15 is 0 Å². The molecule has 0 saturated carbocycles. The number of thiophene rings is 1. The first-order chi connectivity index (χ1) is 32.7. The van der Waals surface area contributed by atoms with Crippen molar-refractivity contribution in [2.75, 3.05) is 0 Å². The van der Waals surface area contributed by atoms with Gasteiger partial charge < -0.3 is 13.6 Å². The molecule has 0 saturated heterocycles. The number of hydrogen-bond acceptors (Lipinski definition) is 6. The zero-order valence-corrected chi connectivity index (χ0v) is 35.8. The summed E-state index contributed by atoms with van der Waals surface area (Å²) in [6.45, 7) is 0. The van der Waals surface area contributed by atoms with Crippen LogP contribution in [0.25, 0.3) is 131 Å². The summed E-state index contributed by atoms with van der Waals surface area (Å²) < 4.78 is 14.2. The molecule has 0 unspecified atom stereocenters. The summed E-state index contributed by atoms with van der Waals surface area (Å²) in [6.07, 6.45) is 0. The van der Waals surface area contributed by atoms with Crippen molar-refractivity contribution in [3.63, 3.8) is 0 Å². The van der Waals surface area contributed by atoms with Gasteiger partial charge in [0.15, 0.2) is 17.5 Å². The van der Waals surface area contributed by atoms with Crippen LogP contribution in [0.4, 0.5) is 0 Å². The average Bonchev–Trinajstić information content (AvgIpc) is 4.15. The van der Waals surface area contributed by atoms with Gasteiger partial charge in [0, 0.05) is 63.9 Å². The third-order valence-electron chi connectivity index (χ3n) is 13.0. The first kappa shape index (κ1) is 36.6. The number of nitriles is 1. The number of fused-ring (bicyclic) bond motifs is 15. The van der Waals surface area contributed by atoms with Gasteiger partial charge in [-0.05, 0) is 42.5 Å². The molecule has 0 aliphatic rings. The first-order valence-electron chi connectivity index (χ1n) is 21.8. The Kier molecular flexibility index (Phi) is 7.79. The lowest BCUT2D eigenvalue weighted by atomic mass is 10.00. The molecule has 0 spiro atoms. The molecule has 0 amide bonds. The number of rotatable bonds is 5. The number of nitrogens with zero attached hydrogens (tertiary/aromatic N) is 6. The van der Waals surface area contributed by atoms with Crippen molar-refractivity contribution in [1.29, 1.82) is 5.26 Å². The van der Waals surface area contributed by atoms with E-state index < -0.39 is 0 Å². The van der Waals surface area contributed by atoms with Crippen LogP contribution in [-0.2, 0) is 0 Å². The third kappa shape index (κ3) is 5.14. The Morgan fingerprint density at radius 3 is 1.67 bits per heavy atom. The van der Waals surface area contributed by atoms with E-state index in [0.717, 1.165) is 76.9 Å². The minimum absolute atomic E-state index is 0.414. The molecule has 8 heteroatoms.